The van der Waals surface area contributed by atoms with E-state index in [0.717, 1.165) is 42.3 Å². The van der Waals surface area contributed by atoms with Gasteiger partial charge in [0, 0.05) is 12.6 Å². The van der Waals surface area contributed by atoms with Gasteiger partial charge in [-0.25, -0.2) is 9.37 Å². The number of nitrogens with one attached hydrogen (secondary N) is 1. The first-order valence-corrected chi connectivity index (χ1v) is 11.3. The normalized spacial score (nSPS) is 21.6. The number of amides is 2. The second-order valence-electron chi connectivity index (χ2n) is 9.11. The minimum absolute atomic E-state index is 0.136. The Bertz CT molecular complexity index is 1170. The Hall–Kier alpha value is -3.22. The van der Waals surface area contributed by atoms with Gasteiger partial charge in [-0.15, -0.1) is 0 Å². The van der Waals surface area contributed by atoms with Crippen LogP contribution in [0.1, 0.15) is 55.2 Å². The molecule has 0 saturated heterocycles. The largest absolute Gasteiger partial charge is 0.351 e. The molecule has 1 aliphatic heterocycles. The van der Waals surface area contributed by atoms with Crippen LogP contribution < -0.4 is 5.32 Å². The van der Waals surface area contributed by atoms with Gasteiger partial charge in [0.05, 0.1) is 17.6 Å². The van der Waals surface area contributed by atoms with E-state index >= 15 is 0 Å². The fourth-order valence-corrected chi connectivity index (χ4v) is 4.94. The van der Waals surface area contributed by atoms with Gasteiger partial charge >= 0.3 is 0 Å². The number of aromatic nitrogens is 2. The summed E-state index contributed by atoms with van der Waals surface area (Å²) in [6, 6.07) is 13.8. The van der Waals surface area contributed by atoms with Crippen LogP contribution in [0.3, 0.4) is 0 Å². The highest BCUT2D eigenvalue weighted by molar-refractivity contribution is 6.01. The van der Waals surface area contributed by atoms with Gasteiger partial charge in [-0.05, 0) is 49.6 Å². The molecule has 1 aromatic heterocycles. The molecule has 0 bridgehead atoms. The zero-order valence-corrected chi connectivity index (χ0v) is 18.2. The van der Waals surface area contributed by atoms with E-state index in [-0.39, 0.29) is 30.2 Å². The highest BCUT2D eigenvalue weighted by Gasteiger charge is 2.48. The van der Waals surface area contributed by atoms with Gasteiger partial charge in [0.15, 0.2) is 5.82 Å². The number of halogens is 1. The van der Waals surface area contributed by atoms with Crippen LogP contribution in [0.15, 0.2) is 48.5 Å². The number of hydrogen-bond donors (Lipinski definition) is 1. The van der Waals surface area contributed by atoms with E-state index in [4.69, 9.17) is 0 Å². The zero-order valence-electron chi connectivity index (χ0n) is 18.2. The summed E-state index contributed by atoms with van der Waals surface area (Å²) in [6.07, 6.45) is 5.34. The maximum atomic E-state index is 13.7. The van der Waals surface area contributed by atoms with Crippen LogP contribution in [0.2, 0.25) is 0 Å². The summed E-state index contributed by atoms with van der Waals surface area (Å²) in [7, 11) is 0. The highest BCUT2D eigenvalue weighted by Crippen LogP contribution is 2.32. The van der Waals surface area contributed by atoms with Crippen molar-refractivity contribution < 1.29 is 14.0 Å². The number of rotatable bonds is 4. The quantitative estimate of drug-likeness (QED) is 0.674. The van der Waals surface area contributed by atoms with Crippen molar-refractivity contribution in [2.75, 3.05) is 0 Å². The fraction of sp³-hybridized carbons (Fsp3) is 0.400. The van der Waals surface area contributed by atoms with Crippen LogP contribution in [0, 0.1) is 5.82 Å². The molecule has 7 heteroatoms. The lowest BCUT2D eigenvalue weighted by atomic mass is 9.91. The maximum Gasteiger partial charge on any atom is 0.291 e. The number of carbonyl (C=O) groups excluding carboxylic acids is 2. The molecule has 32 heavy (non-hydrogen) atoms. The zero-order chi connectivity index (χ0) is 22.3. The molecule has 2 amide bonds. The molecule has 1 aliphatic carbocycles. The topological polar surface area (TPSA) is 67.2 Å². The number of fused-ring (bicyclic) bond motifs is 3. The van der Waals surface area contributed by atoms with Crippen LogP contribution in [0.4, 0.5) is 4.39 Å². The Balaban J connectivity index is 1.54. The Kier molecular flexibility index (Phi) is 5.19. The van der Waals surface area contributed by atoms with Gasteiger partial charge in [-0.3, -0.25) is 9.59 Å². The summed E-state index contributed by atoms with van der Waals surface area (Å²) >= 11 is 0. The molecule has 2 heterocycles. The minimum Gasteiger partial charge on any atom is -0.351 e. The van der Waals surface area contributed by atoms with Crippen molar-refractivity contribution in [3.05, 3.63) is 65.7 Å². The average molecular weight is 435 g/mol. The molecule has 1 atom stereocenters. The number of carbonyl (C=O) groups is 2. The molecule has 2 aromatic carbocycles. The van der Waals surface area contributed by atoms with Crippen LogP contribution in [-0.2, 0) is 17.9 Å². The lowest BCUT2D eigenvalue weighted by Gasteiger charge is -2.44. The summed E-state index contributed by atoms with van der Waals surface area (Å²) in [6.45, 7) is 2.34. The van der Waals surface area contributed by atoms with E-state index in [9.17, 15) is 14.0 Å². The van der Waals surface area contributed by atoms with E-state index in [0.29, 0.717) is 12.4 Å². The lowest BCUT2D eigenvalue weighted by molar-refractivity contribution is -0.134. The summed E-state index contributed by atoms with van der Waals surface area (Å²) < 4.78 is 15.3. The number of nitrogens with zero attached hydrogens (tertiary/aromatic N) is 3. The second-order valence-corrected chi connectivity index (χ2v) is 9.11. The first-order valence-electron chi connectivity index (χ1n) is 11.3. The van der Waals surface area contributed by atoms with E-state index in [1.807, 2.05) is 35.8 Å². The SMILES string of the molecule is CC1(C(=O)NC2CCCCC2)Cn2c(nc3ccccc32)C(=O)N1Cc1ccc(F)cc1. The highest BCUT2D eigenvalue weighted by atomic mass is 19.1. The van der Waals surface area contributed by atoms with Crippen molar-refractivity contribution in [2.45, 2.75) is 63.7 Å². The van der Waals surface area contributed by atoms with Gasteiger partial charge < -0.3 is 14.8 Å². The van der Waals surface area contributed by atoms with E-state index in [1.54, 1.807) is 17.0 Å². The van der Waals surface area contributed by atoms with E-state index in [2.05, 4.69) is 10.3 Å². The molecule has 3 aromatic rings. The van der Waals surface area contributed by atoms with Crippen LogP contribution in [0.25, 0.3) is 11.0 Å². The van der Waals surface area contributed by atoms with Gasteiger partial charge in [-0.2, -0.15) is 0 Å². The molecule has 1 saturated carbocycles. The molecular formula is C25H27FN4O2. The summed E-state index contributed by atoms with van der Waals surface area (Å²) in [5, 5.41) is 3.22. The number of para-hydroxylation sites is 2. The number of imidazole rings is 1. The van der Waals surface area contributed by atoms with Gasteiger partial charge in [0.1, 0.15) is 11.4 Å². The molecule has 1 unspecified atom stereocenters. The molecule has 2 aliphatic rings. The predicted octanol–water partition coefficient (Wildman–Crippen LogP) is 4.04. The summed E-state index contributed by atoms with van der Waals surface area (Å²) in [4.78, 5) is 33.5. The average Bonchev–Trinajstić information content (AvgIpc) is 3.17. The monoisotopic (exact) mass is 434 g/mol. The molecule has 0 radical (unpaired) electrons. The Morgan fingerprint density at radius 3 is 2.59 bits per heavy atom. The third-order valence-electron chi connectivity index (χ3n) is 6.84. The number of benzene rings is 2. The molecular weight excluding hydrogens is 407 g/mol. The van der Waals surface area contributed by atoms with E-state index < -0.39 is 5.54 Å². The smallest absolute Gasteiger partial charge is 0.291 e. The van der Waals surface area contributed by atoms with Crippen molar-refractivity contribution in [2.24, 2.45) is 0 Å². The first kappa shape index (κ1) is 20.7. The van der Waals surface area contributed by atoms with Crippen molar-refractivity contribution in [1.82, 2.24) is 19.8 Å². The molecule has 1 N–H and O–H groups in total. The van der Waals surface area contributed by atoms with Crippen molar-refractivity contribution in [3.8, 4) is 0 Å². The van der Waals surface area contributed by atoms with Crippen molar-refractivity contribution >= 4 is 22.8 Å². The maximum absolute atomic E-state index is 13.7. The van der Waals surface area contributed by atoms with Crippen molar-refractivity contribution in [3.63, 3.8) is 0 Å². The van der Waals surface area contributed by atoms with Crippen LogP contribution in [-0.4, -0.2) is 37.8 Å². The lowest BCUT2D eigenvalue weighted by Crippen LogP contribution is -2.64. The predicted molar refractivity (Wildman–Crippen MR) is 119 cm³/mol. The first-order chi connectivity index (χ1) is 15.5. The standard InChI is InChI=1S/C25H27FN4O2/c1-25(24(32)27-19-7-3-2-4-8-19)16-29-21-10-6-5-9-20(21)28-22(29)23(31)30(25)15-17-11-13-18(26)14-12-17/h5-6,9-14,19H,2-4,7-8,15-16H2,1H3,(H,27,32). The van der Waals surface area contributed by atoms with Crippen LogP contribution >= 0.6 is 0 Å². The molecule has 0 spiro atoms. The third kappa shape index (κ3) is 3.55. The Labute approximate surface area is 186 Å². The van der Waals surface area contributed by atoms with Gasteiger partial charge in [0.2, 0.25) is 5.91 Å². The third-order valence-corrected chi connectivity index (χ3v) is 6.84. The molecule has 6 nitrogen and oxygen atoms in total. The minimum atomic E-state index is -1.10. The van der Waals surface area contributed by atoms with Crippen LogP contribution in [0.5, 0.6) is 0 Å². The molecule has 1 fully saturated rings. The van der Waals surface area contributed by atoms with E-state index in [1.165, 1.54) is 18.6 Å². The molecule has 5 rings (SSSR count). The van der Waals surface area contributed by atoms with Gasteiger partial charge in [-0.1, -0.05) is 43.5 Å². The van der Waals surface area contributed by atoms with Crippen molar-refractivity contribution in [1.29, 1.82) is 0 Å². The Morgan fingerprint density at radius 2 is 1.84 bits per heavy atom. The summed E-state index contributed by atoms with van der Waals surface area (Å²) in [5.41, 5.74) is 1.24. The van der Waals surface area contributed by atoms with Gasteiger partial charge in [0.25, 0.3) is 5.91 Å². The Morgan fingerprint density at radius 1 is 1.12 bits per heavy atom. The second kappa shape index (κ2) is 8.04. The number of hydrogen-bond acceptors (Lipinski definition) is 3. The molecule has 166 valence electrons. The summed E-state index contributed by atoms with van der Waals surface area (Å²) in [5.74, 6) is -0.448. The fourth-order valence-electron chi connectivity index (χ4n) is 4.94.